The van der Waals surface area contributed by atoms with Crippen molar-refractivity contribution in [3.63, 3.8) is 0 Å². The van der Waals surface area contributed by atoms with Gasteiger partial charge in [-0.3, -0.25) is 4.79 Å². The second kappa shape index (κ2) is 9.32. The third-order valence-electron chi connectivity index (χ3n) is 3.18. The number of carbonyl (C=O) groups excluding carboxylic acids is 2. The van der Waals surface area contributed by atoms with Crippen molar-refractivity contribution in [3.05, 3.63) is 54.1 Å². The zero-order valence-electron chi connectivity index (χ0n) is 14.3. The Kier molecular flexibility index (Phi) is 6.83. The molecule has 0 fully saturated rings. The number of esters is 1. The van der Waals surface area contributed by atoms with Gasteiger partial charge < -0.3 is 19.5 Å². The summed E-state index contributed by atoms with van der Waals surface area (Å²) in [5, 5.41) is 2.65. The van der Waals surface area contributed by atoms with Crippen LogP contribution in [0.1, 0.15) is 24.2 Å². The van der Waals surface area contributed by atoms with Crippen LogP contribution in [0, 0.1) is 0 Å². The summed E-state index contributed by atoms with van der Waals surface area (Å²) in [5.74, 6) is 0.419. The van der Waals surface area contributed by atoms with Gasteiger partial charge in [-0.05, 0) is 62.4 Å². The number of benzene rings is 2. The van der Waals surface area contributed by atoms with Crippen LogP contribution < -0.4 is 14.8 Å². The van der Waals surface area contributed by atoms with Crippen molar-refractivity contribution in [3.8, 4) is 11.5 Å². The Morgan fingerprint density at radius 2 is 1.36 bits per heavy atom. The van der Waals surface area contributed by atoms with Crippen LogP contribution in [-0.4, -0.2) is 31.7 Å². The van der Waals surface area contributed by atoms with Crippen molar-refractivity contribution in [2.24, 2.45) is 0 Å². The number of anilines is 1. The summed E-state index contributed by atoms with van der Waals surface area (Å²) in [5.41, 5.74) is 0.961. The molecule has 6 heteroatoms. The quantitative estimate of drug-likeness (QED) is 0.745. The molecule has 6 nitrogen and oxygen atoms in total. The highest BCUT2D eigenvalue weighted by molar-refractivity contribution is 5.95. The number of rotatable bonds is 8. The number of ether oxygens (including phenoxy) is 3. The van der Waals surface area contributed by atoms with E-state index >= 15 is 0 Å². The molecule has 0 aromatic heterocycles. The molecule has 1 N–H and O–H groups in total. The maximum atomic E-state index is 11.9. The van der Waals surface area contributed by atoms with E-state index in [1.165, 1.54) is 0 Å². The Morgan fingerprint density at radius 1 is 0.840 bits per heavy atom. The molecule has 2 aromatic rings. The Morgan fingerprint density at radius 3 is 1.88 bits per heavy atom. The molecule has 0 bridgehead atoms. The fourth-order valence-corrected chi connectivity index (χ4v) is 2.07. The molecule has 0 radical (unpaired) electrons. The smallest absolute Gasteiger partial charge is 0.338 e. The minimum Gasteiger partial charge on any atom is -0.494 e. The van der Waals surface area contributed by atoms with Gasteiger partial charge in [-0.1, -0.05) is 0 Å². The minimum absolute atomic E-state index is 0.359. The van der Waals surface area contributed by atoms with Crippen molar-refractivity contribution in [1.29, 1.82) is 0 Å². The molecule has 0 saturated heterocycles. The van der Waals surface area contributed by atoms with Crippen LogP contribution >= 0.6 is 0 Å². The number of amides is 1. The normalized spacial score (nSPS) is 10.0. The van der Waals surface area contributed by atoms with E-state index in [0.717, 1.165) is 5.75 Å². The van der Waals surface area contributed by atoms with Crippen LogP contribution in [0.25, 0.3) is 0 Å². The van der Waals surface area contributed by atoms with E-state index in [-0.39, 0.29) is 6.61 Å². The average molecular weight is 343 g/mol. The Bertz CT molecular complexity index is 695. The first-order chi connectivity index (χ1) is 12.1. The molecule has 0 aliphatic heterocycles. The molecule has 0 aliphatic carbocycles. The highest BCUT2D eigenvalue weighted by atomic mass is 16.5. The first-order valence-corrected chi connectivity index (χ1v) is 8.05. The van der Waals surface area contributed by atoms with E-state index in [4.69, 9.17) is 14.2 Å². The highest BCUT2D eigenvalue weighted by Gasteiger charge is 2.10. The lowest BCUT2D eigenvalue weighted by Gasteiger charge is -2.08. The Balaban J connectivity index is 1.81. The van der Waals surface area contributed by atoms with Crippen molar-refractivity contribution in [1.82, 2.24) is 0 Å². The molecule has 132 valence electrons. The largest absolute Gasteiger partial charge is 0.494 e. The molecule has 0 unspecified atom stereocenters. The minimum atomic E-state index is -0.565. The average Bonchev–Trinajstić information content (AvgIpc) is 2.62. The Labute approximate surface area is 146 Å². The topological polar surface area (TPSA) is 73.9 Å². The van der Waals surface area contributed by atoms with E-state index in [1.54, 1.807) is 48.5 Å². The van der Waals surface area contributed by atoms with Gasteiger partial charge in [0.25, 0.3) is 5.91 Å². The summed E-state index contributed by atoms with van der Waals surface area (Å²) in [6, 6.07) is 13.5. The van der Waals surface area contributed by atoms with Crippen LogP contribution in [0.2, 0.25) is 0 Å². The van der Waals surface area contributed by atoms with Gasteiger partial charge in [-0.2, -0.15) is 0 Å². The lowest BCUT2D eigenvalue weighted by Crippen LogP contribution is -2.20. The molecule has 1 amide bonds. The van der Waals surface area contributed by atoms with Gasteiger partial charge in [-0.15, -0.1) is 0 Å². The van der Waals surface area contributed by atoms with Crippen molar-refractivity contribution >= 4 is 17.6 Å². The van der Waals surface area contributed by atoms with Gasteiger partial charge in [0, 0.05) is 5.69 Å². The van der Waals surface area contributed by atoms with E-state index in [2.05, 4.69) is 5.32 Å². The molecule has 0 saturated carbocycles. The molecular weight excluding hydrogens is 322 g/mol. The number of hydrogen-bond donors (Lipinski definition) is 1. The maximum absolute atomic E-state index is 11.9. The first-order valence-electron chi connectivity index (χ1n) is 8.05. The summed E-state index contributed by atoms with van der Waals surface area (Å²) in [6.45, 7) is 4.54. The van der Waals surface area contributed by atoms with Crippen LogP contribution in [0.5, 0.6) is 11.5 Å². The summed E-state index contributed by atoms with van der Waals surface area (Å²) in [4.78, 5) is 23.8. The monoisotopic (exact) mass is 343 g/mol. The second-order valence-electron chi connectivity index (χ2n) is 5.04. The van der Waals surface area contributed by atoms with Crippen molar-refractivity contribution in [2.45, 2.75) is 13.8 Å². The van der Waals surface area contributed by atoms with Gasteiger partial charge in [0.1, 0.15) is 11.5 Å². The molecule has 2 rings (SSSR count). The predicted molar refractivity (Wildman–Crippen MR) is 94.1 cm³/mol. The SMILES string of the molecule is CCOc1ccc(NC(=O)COC(=O)c2ccc(OCC)cc2)cc1. The van der Waals surface area contributed by atoms with E-state index in [9.17, 15) is 9.59 Å². The Hall–Kier alpha value is -3.02. The van der Waals surface area contributed by atoms with Gasteiger partial charge in [0.05, 0.1) is 18.8 Å². The number of hydrogen-bond acceptors (Lipinski definition) is 5. The number of nitrogens with one attached hydrogen (secondary N) is 1. The van der Waals surface area contributed by atoms with Gasteiger partial charge in [-0.25, -0.2) is 4.79 Å². The van der Waals surface area contributed by atoms with E-state index in [0.29, 0.717) is 30.2 Å². The fourth-order valence-electron chi connectivity index (χ4n) is 2.07. The van der Waals surface area contributed by atoms with Gasteiger partial charge >= 0.3 is 5.97 Å². The molecule has 0 aliphatic rings. The summed E-state index contributed by atoms with van der Waals surface area (Å²) in [7, 11) is 0. The number of carbonyl (C=O) groups is 2. The van der Waals surface area contributed by atoms with Crippen LogP contribution in [0.4, 0.5) is 5.69 Å². The second-order valence-corrected chi connectivity index (χ2v) is 5.04. The highest BCUT2D eigenvalue weighted by Crippen LogP contribution is 2.16. The molecule has 25 heavy (non-hydrogen) atoms. The molecule has 2 aromatic carbocycles. The maximum Gasteiger partial charge on any atom is 0.338 e. The van der Waals surface area contributed by atoms with Gasteiger partial charge in [0.2, 0.25) is 0 Å². The summed E-state index contributed by atoms with van der Waals surface area (Å²) >= 11 is 0. The van der Waals surface area contributed by atoms with Crippen LogP contribution in [-0.2, 0) is 9.53 Å². The van der Waals surface area contributed by atoms with Crippen molar-refractivity contribution in [2.75, 3.05) is 25.1 Å². The molecule has 0 spiro atoms. The van der Waals surface area contributed by atoms with E-state index in [1.807, 2.05) is 13.8 Å². The summed E-state index contributed by atoms with van der Waals surface area (Å²) < 4.78 is 15.6. The standard InChI is InChI=1S/C19H21NO5/c1-3-23-16-9-5-14(6-10-16)19(22)25-13-18(21)20-15-7-11-17(12-8-15)24-4-2/h5-12H,3-4,13H2,1-2H3,(H,20,21). The molecule has 0 atom stereocenters. The van der Waals surface area contributed by atoms with Crippen LogP contribution in [0.3, 0.4) is 0 Å². The lowest BCUT2D eigenvalue weighted by atomic mass is 10.2. The zero-order valence-corrected chi connectivity index (χ0v) is 14.3. The van der Waals surface area contributed by atoms with Crippen molar-refractivity contribution < 1.29 is 23.8 Å². The third-order valence-corrected chi connectivity index (χ3v) is 3.18. The zero-order chi connectivity index (χ0) is 18.1. The van der Waals surface area contributed by atoms with E-state index < -0.39 is 11.9 Å². The molecule has 0 heterocycles. The molecular formula is C19H21NO5. The first kappa shape index (κ1) is 18.3. The third kappa shape index (κ3) is 5.84. The summed E-state index contributed by atoms with van der Waals surface area (Å²) in [6.07, 6.45) is 0. The predicted octanol–water partition coefficient (Wildman–Crippen LogP) is 3.28. The fraction of sp³-hybridized carbons (Fsp3) is 0.263. The van der Waals surface area contributed by atoms with Crippen LogP contribution in [0.15, 0.2) is 48.5 Å². The lowest BCUT2D eigenvalue weighted by molar-refractivity contribution is -0.119. The van der Waals surface area contributed by atoms with Gasteiger partial charge in [0.15, 0.2) is 6.61 Å².